The molecule has 4 heteroatoms. The Morgan fingerprint density at radius 1 is 0.324 bits per heavy atom. The van der Waals surface area contributed by atoms with Gasteiger partial charge < -0.3 is 0 Å². The first-order valence-electron chi connectivity index (χ1n) is 35.9. The summed E-state index contributed by atoms with van der Waals surface area (Å²) in [7, 11) is 0. The maximum atomic E-state index is 5.76. The van der Waals surface area contributed by atoms with Crippen molar-refractivity contribution in [3.8, 4) is 123 Å². The summed E-state index contributed by atoms with van der Waals surface area (Å²) in [6.45, 7) is 18.6. The first-order valence-corrected chi connectivity index (χ1v) is 35.9. The SMILES string of the molecule is Cc1c(-c2ccccc2)c(C)c(-c2cccc(-c3cccc4c(-c5nc(-c6cccc7c(-c8cccc(-c9c(C)c(-c%10ccccc%10)c(C)c(-c%10ccccc%10)c9C)c8)cccc67)nc(N6C7=CC=CCC7c7c6ccc6c7C(C)(C)c7ccccc7-6)n5)cccc34)c2)c(C)c1-c1ccccc1. The molecule has 102 heavy (non-hydrogen) atoms. The molecule has 0 amide bonds. The zero-order chi connectivity index (χ0) is 69.1. The molecule has 4 nitrogen and oxygen atoms in total. The van der Waals surface area contributed by atoms with Gasteiger partial charge in [-0.25, -0.2) is 4.98 Å². The van der Waals surface area contributed by atoms with Crippen LogP contribution in [0.5, 0.6) is 0 Å². The largest absolute Gasteiger partial charge is 0.282 e. The molecule has 18 rings (SSSR count). The number of hydrogen-bond acceptors (Lipinski definition) is 4. The molecular weight excluding hydrogens is 1230 g/mol. The Bertz CT molecular complexity index is 5570. The third-order valence-corrected chi connectivity index (χ3v) is 22.5. The summed E-state index contributed by atoms with van der Waals surface area (Å²) in [5, 5.41) is 4.36. The molecule has 0 radical (unpaired) electrons. The van der Waals surface area contributed by atoms with Crippen LogP contribution >= 0.6 is 0 Å². The molecule has 1 aromatic heterocycles. The van der Waals surface area contributed by atoms with Crippen LogP contribution in [0.1, 0.15) is 76.3 Å². The van der Waals surface area contributed by atoms with Gasteiger partial charge in [-0.15, -0.1) is 0 Å². The smallest absolute Gasteiger partial charge is 0.238 e. The molecule has 1 unspecified atom stereocenters. The lowest BCUT2D eigenvalue weighted by Crippen LogP contribution is -2.18. The van der Waals surface area contributed by atoms with Crippen LogP contribution in [0.3, 0.4) is 0 Å². The Balaban J connectivity index is 0.813. The van der Waals surface area contributed by atoms with Gasteiger partial charge in [0.15, 0.2) is 11.6 Å². The third kappa shape index (κ3) is 9.90. The second kappa shape index (κ2) is 24.7. The molecule has 1 atom stereocenters. The van der Waals surface area contributed by atoms with Crippen LogP contribution in [0.2, 0.25) is 0 Å². The highest BCUT2D eigenvalue weighted by molar-refractivity contribution is 6.07. The zero-order valence-corrected chi connectivity index (χ0v) is 58.9. The molecule has 0 fully saturated rings. The zero-order valence-electron chi connectivity index (χ0n) is 58.9. The first-order chi connectivity index (χ1) is 49.9. The fourth-order valence-corrected chi connectivity index (χ4v) is 18.3. The number of nitrogens with zero attached hydrogens (tertiary/aromatic N) is 4. The Morgan fingerprint density at radius 3 is 1.12 bits per heavy atom. The predicted octanol–water partition coefficient (Wildman–Crippen LogP) is 26.1. The van der Waals surface area contributed by atoms with Crippen LogP contribution in [-0.4, -0.2) is 15.0 Å². The third-order valence-electron chi connectivity index (χ3n) is 22.5. The normalized spacial score (nSPS) is 14.0. The Kier molecular flexibility index (Phi) is 15.0. The number of allylic oxidation sites excluding steroid dienone is 4. The van der Waals surface area contributed by atoms with E-state index in [1.807, 2.05) is 0 Å². The van der Waals surface area contributed by atoms with E-state index in [1.54, 1.807) is 0 Å². The van der Waals surface area contributed by atoms with Gasteiger partial charge in [0.1, 0.15) is 0 Å². The summed E-state index contributed by atoms with van der Waals surface area (Å²) in [5.41, 5.74) is 37.8. The summed E-state index contributed by atoms with van der Waals surface area (Å²) in [5.74, 6) is 1.92. The molecule has 3 aliphatic rings. The molecular formula is C98H76N4. The summed E-state index contributed by atoms with van der Waals surface area (Å²) < 4.78 is 0. The van der Waals surface area contributed by atoms with E-state index in [0.717, 1.165) is 67.0 Å². The van der Waals surface area contributed by atoms with Crippen molar-refractivity contribution >= 4 is 33.2 Å². The van der Waals surface area contributed by atoms with Crippen molar-refractivity contribution in [3.05, 3.63) is 353 Å². The minimum atomic E-state index is -0.225. The van der Waals surface area contributed by atoms with E-state index in [2.05, 4.69) is 358 Å². The summed E-state index contributed by atoms with van der Waals surface area (Å²) >= 11 is 0. The molecule has 15 aromatic rings. The molecule has 0 N–H and O–H groups in total. The fourth-order valence-electron chi connectivity index (χ4n) is 18.3. The maximum absolute atomic E-state index is 5.76. The van der Waals surface area contributed by atoms with E-state index in [0.29, 0.717) is 17.6 Å². The summed E-state index contributed by atoms with van der Waals surface area (Å²) in [4.78, 5) is 19.6. The summed E-state index contributed by atoms with van der Waals surface area (Å²) in [6, 6.07) is 102. The van der Waals surface area contributed by atoms with Crippen molar-refractivity contribution in [3.63, 3.8) is 0 Å². The van der Waals surface area contributed by atoms with Crippen LogP contribution in [0.15, 0.2) is 303 Å². The van der Waals surface area contributed by atoms with Gasteiger partial charge in [0, 0.05) is 28.2 Å². The van der Waals surface area contributed by atoms with Gasteiger partial charge in [-0.2, -0.15) is 9.97 Å². The molecule has 1 aliphatic heterocycles. The van der Waals surface area contributed by atoms with E-state index >= 15 is 0 Å². The monoisotopic (exact) mass is 1310 g/mol. The van der Waals surface area contributed by atoms with Crippen molar-refractivity contribution in [2.24, 2.45) is 0 Å². The number of benzene rings is 14. The lowest BCUT2D eigenvalue weighted by Gasteiger charge is -2.26. The van der Waals surface area contributed by atoms with Gasteiger partial charge in [-0.05, 0) is 244 Å². The van der Waals surface area contributed by atoms with Crippen molar-refractivity contribution in [2.75, 3.05) is 4.90 Å². The lowest BCUT2D eigenvalue weighted by molar-refractivity contribution is 0.644. The van der Waals surface area contributed by atoms with Crippen LogP contribution in [0.25, 0.3) is 144 Å². The van der Waals surface area contributed by atoms with Gasteiger partial charge in [-0.1, -0.05) is 287 Å². The minimum Gasteiger partial charge on any atom is -0.282 e. The van der Waals surface area contributed by atoms with Gasteiger partial charge >= 0.3 is 0 Å². The van der Waals surface area contributed by atoms with Crippen LogP contribution in [0, 0.1) is 41.5 Å². The van der Waals surface area contributed by atoms with Crippen LogP contribution in [0.4, 0.5) is 11.6 Å². The topological polar surface area (TPSA) is 41.9 Å². The number of fused-ring (bicyclic) bond motifs is 9. The van der Waals surface area contributed by atoms with Gasteiger partial charge in [-0.3, -0.25) is 4.90 Å². The molecule has 2 heterocycles. The van der Waals surface area contributed by atoms with E-state index in [4.69, 9.17) is 15.0 Å². The van der Waals surface area contributed by atoms with Crippen molar-refractivity contribution in [2.45, 2.75) is 73.1 Å². The number of rotatable bonds is 11. The average molecular weight is 1310 g/mol. The Hall–Kier alpha value is -12.1. The van der Waals surface area contributed by atoms with Gasteiger partial charge in [0.2, 0.25) is 5.95 Å². The van der Waals surface area contributed by atoms with Crippen LogP contribution in [-0.2, 0) is 5.41 Å². The highest BCUT2D eigenvalue weighted by Crippen LogP contribution is 2.60. The average Bonchev–Trinajstić information content (AvgIpc) is 1.53. The molecule has 0 spiro atoms. The molecule has 0 saturated carbocycles. The minimum absolute atomic E-state index is 0.105. The molecule has 0 bridgehead atoms. The maximum Gasteiger partial charge on any atom is 0.238 e. The highest BCUT2D eigenvalue weighted by atomic mass is 15.3. The first kappa shape index (κ1) is 62.2. The predicted molar refractivity (Wildman–Crippen MR) is 428 cm³/mol. The Labute approximate surface area is 598 Å². The number of hydrogen-bond donors (Lipinski definition) is 0. The summed E-state index contributed by atoms with van der Waals surface area (Å²) in [6.07, 6.45) is 7.71. The van der Waals surface area contributed by atoms with Gasteiger partial charge in [0.05, 0.1) is 5.69 Å². The quantitative estimate of drug-likeness (QED) is 0.129. The van der Waals surface area contributed by atoms with E-state index in [1.165, 1.54) is 134 Å². The van der Waals surface area contributed by atoms with E-state index in [9.17, 15) is 0 Å². The number of anilines is 2. The number of aromatic nitrogens is 3. The second-order valence-electron chi connectivity index (χ2n) is 28.6. The second-order valence-corrected chi connectivity index (χ2v) is 28.6. The van der Waals surface area contributed by atoms with Crippen molar-refractivity contribution < 1.29 is 0 Å². The fraction of sp³-hybridized carbons (Fsp3) is 0.112. The molecule has 2 aliphatic carbocycles. The van der Waals surface area contributed by atoms with E-state index < -0.39 is 0 Å². The van der Waals surface area contributed by atoms with Crippen molar-refractivity contribution in [1.82, 2.24) is 15.0 Å². The van der Waals surface area contributed by atoms with Crippen LogP contribution < -0.4 is 4.90 Å². The Morgan fingerprint density at radius 2 is 0.676 bits per heavy atom. The molecule has 0 saturated heterocycles. The van der Waals surface area contributed by atoms with E-state index in [-0.39, 0.29) is 11.3 Å². The van der Waals surface area contributed by atoms with Crippen molar-refractivity contribution in [1.29, 1.82) is 0 Å². The molecule has 14 aromatic carbocycles. The highest BCUT2D eigenvalue weighted by Gasteiger charge is 2.46. The lowest BCUT2D eigenvalue weighted by atomic mass is 9.76. The van der Waals surface area contributed by atoms with Gasteiger partial charge in [0.25, 0.3) is 0 Å². The molecule has 488 valence electrons. The standard InChI is InChI=1S/C98H76N4/c1-59-87(65-31-13-9-14-32-65)61(3)91(62(4)88(59)66-33-15-10-16-34-66)71-41-25-39-69(57-71)73-45-27-49-77-75(73)47-29-51-81(77)95-99-96(101-97(100-95)102-85-54-24-22-44-83(85)93-86(102)56-55-80-79-43-21-23-53-84(79)98(7,8)94(80)93)82-52-30-48-76-74(46-28-50-78(76)82)70-40-26-42-72(58-70)92-63(5)89(67-35-17-11-18-36-67)60(2)90(64(92)6)68-37-19-12-20-38-68/h9-43,45-58,83H,44H2,1-8H3.